The number of anilines is 1. The van der Waals surface area contributed by atoms with Gasteiger partial charge in [-0.2, -0.15) is 0 Å². The van der Waals surface area contributed by atoms with Crippen LogP contribution < -0.4 is 10.1 Å². The van der Waals surface area contributed by atoms with Crippen molar-refractivity contribution in [1.82, 2.24) is 0 Å². The SMILES string of the molecule is Cc1cccc(NC(=S)Oc2ccccc2)c1C. The van der Waals surface area contributed by atoms with Gasteiger partial charge in [0.25, 0.3) is 5.17 Å². The minimum Gasteiger partial charge on any atom is -0.432 e. The van der Waals surface area contributed by atoms with Crippen molar-refractivity contribution in [2.24, 2.45) is 0 Å². The normalized spacial score (nSPS) is 9.89. The smallest absolute Gasteiger partial charge is 0.266 e. The third kappa shape index (κ3) is 3.08. The molecule has 0 heterocycles. The summed E-state index contributed by atoms with van der Waals surface area (Å²) < 4.78 is 5.53. The molecule has 3 heteroatoms. The Morgan fingerprint density at radius 3 is 2.44 bits per heavy atom. The molecule has 2 aromatic carbocycles. The van der Waals surface area contributed by atoms with Gasteiger partial charge in [0.05, 0.1) is 0 Å². The van der Waals surface area contributed by atoms with Crippen LogP contribution in [0.2, 0.25) is 0 Å². The summed E-state index contributed by atoms with van der Waals surface area (Å²) in [6.07, 6.45) is 0. The Hall–Kier alpha value is -1.87. The third-order valence-corrected chi connectivity index (χ3v) is 2.98. The Morgan fingerprint density at radius 2 is 1.72 bits per heavy atom. The number of hydrogen-bond donors (Lipinski definition) is 1. The predicted octanol–water partition coefficient (Wildman–Crippen LogP) is 4.08. The summed E-state index contributed by atoms with van der Waals surface area (Å²) in [6, 6.07) is 15.6. The average molecular weight is 257 g/mol. The topological polar surface area (TPSA) is 21.3 Å². The van der Waals surface area contributed by atoms with Gasteiger partial charge in [-0.05, 0) is 55.4 Å². The maximum absolute atomic E-state index is 5.53. The van der Waals surface area contributed by atoms with E-state index < -0.39 is 0 Å². The van der Waals surface area contributed by atoms with E-state index in [9.17, 15) is 0 Å². The summed E-state index contributed by atoms with van der Waals surface area (Å²) in [6.45, 7) is 4.13. The van der Waals surface area contributed by atoms with Crippen LogP contribution in [0.4, 0.5) is 5.69 Å². The van der Waals surface area contributed by atoms with Gasteiger partial charge in [0, 0.05) is 5.69 Å². The molecular formula is C15H15NOS. The van der Waals surface area contributed by atoms with Crippen LogP contribution in [0.5, 0.6) is 5.75 Å². The standard InChI is InChI=1S/C15H15NOS/c1-11-7-6-10-14(12(11)2)16-15(18)17-13-8-4-3-5-9-13/h3-10H,1-2H3,(H,16,18). The molecule has 0 aliphatic heterocycles. The van der Waals surface area contributed by atoms with Crippen LogP contribution in [-0.2, 0) is 0 Å². The van der Waals surface area contributed by atoms with Gasteiger partial charge in [-0.1, -0.05) is 30.3 Å². The molecule has 0 spiro atoms. The van der Waals surface area contributed by atoms with E-state index in [1.807, 2.05) is 42.5 Å². The van der Waals surface area contributed by atoms with Crippen LogP contribution in [0, 0.1) is 13.8 Å². The van der Waals surface area contributed by atoms with E-state index in [1.54, 1.807) is 0 Å². The van der Waals surface area contributed by atoms with Crippen molar-refractivity contribution in [2.75, 3.05) is 5.32 Å². The summed E-state index contributed by atoms with van der Waals surface area (Å²) in [5, 5.41) is 3.47. The Morgan fingerprint density at radius 1 is 1.00 bits per heavy atom. The number of para-hydroxylation sites is 1. The molecule has 2 rings (SSSR count). The highest BCUT2D eigenvalue weighted by molar-refractivity contribution is 7.80. The lowest BCUT2D eigenvalue weighted by Gasteiger charge is -2.12. The number of hydrogen-bond acceptors (Lipinski definition) is 2. The summed E-state index contributed by atoms with van der Waals surface area (Å²) in [4.78, 5) is 0. The summed E-state index contributed by atoms with van der Waals surface area (Å²) in [5.74, 6) is 0.736. The number of nitrogens with one attached hydrogen (secondary N) is 1. The Balaban J connectivity index is 2.06. The largest absolute Gasteiger partial charge is 0.432 e. The highest BCUT2D eigenvalue weighted by Gasteiger charge is 2.04. The van der Waals surface area contributed by atoms with Crippen LogP contribution in [-0.4, -0.2) is 5.17 Å². The van der Waals surface area contributed by atoms with Crippen molar-refractivity contribution < 1.29 is 4.74 Å². The van der Waals surface area contributed by atoms with E-state index in [1.165, 1.54) is 11.1 Å². The highest BCUT2D eigenvalue weighted by atomic mass is 32.1. The van der Waals surface area contributed by atoms with Crippen molar-refractivity contribution >= 4 is 23.1 Å². The zero-order valence-corrected chi connectivity index (χ0v) is 11.3. The van der Waals surface area contributed by atoms with Crippen LogP contribution in [0.25, 0.3) is 0 Å². The molecule has 18 heavy (non-hydrogen) atoms. The van der Waals surface area contributed by atoms with Gasteiger partial charge >= 0.3 is 0 Å². The fraction of sp³-hybridized carbons (Fsp3) is 0.133. The minimum absolute atomic E-state index is 0.356. The molecule has 0 saturated heterocycles. The minimum atomic E-state index is 0.356. The molecule has 0 saturated carbocycles. The first-order valence-electron chi connectivity index (χ1n) is 5.77. The molecule has 0 aliphatic carbocycles. The molecule has 0 aromatic heterocycles. The highest BCUT2D eigenvalue weighted by Crippen LogP contribution is 2.18. The van der Waals surface area contributed by atoms with Crippen molar-refractivity contribution in [3.05, 3.63) is 59.7 Å². The molecular weight excluding hydrogens is 242 g/mol. The number of thiocarbonyl (C=S) groups is 1. The molecule has 92 valence electrons. The molecule has 2 aromatic rings. The van der Waals surface area contributed by atoms with Gasteiger partial charge in [-0.25, -0.2) is 0 Å². The molecule has 0 amide bonds. The van der Waals surface area contributed by atoms with Crippen molar-refractivity contribution in [2.45, 2.75) is 13.8 Å². The van der Waals surface area contributed by atoms with Gasteiger partial charge in [0.2, 0.25) is 0 Å². The molecule has 2 nitrogen and oxygen atoms in total. The lowest BCUT2D eigenvalue weighted by atomic mass is 10.1. The van der Waals surface area contributed by atoms with Crippen LogP contribution in [0.3, 0.4) is 0 Å². The molecule has 1 N–H and O–H groups in total. The van der Waals surface area contributed by atoms with Gasteiger partial charge < -0.3 is 10.1 Å². The van der Waals surface area contributed by atoms with Crippen LogP contribution in [0.1, 0.15) is 11.1 Å². The van der Waals surface area contributed by atoms with Crippen molar-refractivity contribution in [3.63, 3.8) is 0 Å². The number of ether oxygens (including phenoxy) is 1. The molecule has 0 aliphatic rings. The van der Waals surface area contributed by atoms with Gasteiger partial charge in [0.1, 0.15) is 5.75 Å². The lowest BCUT2D eigenvalue weighted by molar-refractivity contribution is 0.563. The second-order valence-electron chi connectivity index (χ2n) is 4.08. The Labute approximate surface area is 113 Å². The second kappa shape index (κ2) is 5.65. The molecule has 0 atom stereocenters. The van der Waals surface area contributed by atoms with E-state index in [0.29, 0.717) is 5.17 Å². The van der Waals surface area contributed by atoms with E-state index in [0.717, 1.165) is 11.4 Å². The van der Waals surface area contributed by atoms with Gasteiger partial charge in [0.15, 0.2) is 0 Å². The zero-order chi connectivity index (χ0) is 13.0. The maximum Gasteiger partial charge on any atom is 0.266 e. The second-order valence-corrected chi connectivity index (χ2v) is 4.45. The Kier molecular flexibility index (Phi) is 3.95. The van der Waals surface area contributed by atoms with Crippen LogP contribution in [0.15, 0.2) is 48.5 Å². The summed E-state index contributed by atoms with van der Waals surface area (Å²) in [7, 11) is 0. The third-order valence-electron chi connectivity index (χ3n) is 2.80. The first-order chi connectivity index (χ1) is 8.66. The molecule has 0 bridgehead atoms. The van der Waals surface area contributed by atoms with E-state index in [-0.39, 0.29) is 0 Å². The van der Waals surface area contributed by atoms with Gasteiger partial charge in [-0.3, -0.25) is 0 Å². The fourth-order valence-electron chi connectivity index (χ4n) is 1.62. The first-order valence-corrected chi connectivity index (χ1v) is 6.18. The van der Waals surface area contributed by atoms with E-state index in [2.05, 4.69) is 25.2 Å². The number of benzene rings is 2. The predicted molar refractivity (Wildman–Crippen MR) is 79.2 cm³/mol. The molecule has 0 fully saturated rings. The zero-order valence-electron chi connectivity index (χ0n) is 10.4. The number of aryl methyl sites for hydroxylation is 1. The van der Waals surface area contributed by atoms with Gasteiger partial charge in [-0.15, -0.1) is 0 Å². The molecule has 0 radical (unpaired) electrons. The molecule has 0 unspecified atom stereocenters. The monoisotopic (exact) mass is 257 g/mol. The first kappa shape index (κ1) is 12.6. The van der Waals surface area contributed by atoms with Crippen LogP contribution >= 0.6 is 12.2 Å². The summed E-state index contributed by atoms with van der Waals surface area (Å²) >= 11 is 5.19. The average Bonchev–Trinajstić information content (AvgIpc) is 2.36. The fourth-order valence-corrected chi connectivity index (χ4v) is 1.82. The Bertz CT molecular complexity index is 552. The van der Waals surface area contributed by atoms with E-state index >= 15 is 0 Å². The quantitative estimate of drug-likeness (QED) is 0.819. The van der Waals surface area contributed by atoms with E-state index in [4.69, 9.17) is 17.0 Å². The maximum atomic E-state index is 5.53. The van der Waals surface area contributed by atoms with Crippen molar-refractivity contribution in [1.29, 1.82) is 0 Å². The van der Waals surface area contributed by atoms with Crippen molar-refractivity contribution in [3.8, 4) is 5.75 Å². The number of rotatable bonds is 2. The summed E-state index contributed by atoms with van der Waals surface area (Å²) in [5.41, 5.74) is 3.38. The lowest BCUT2D eigenvalue weighted by Crippen LogP contribution is -2.17.